The summed E-state index contributed by atoms with van der Waals surface area (Å²) in [6.45, 7) is 8.83. The fourth-order valence-electron chi connectivity index (χ4n) is 2.32. The van der Waals surface area contributed by atoms with Gasteiger partial charge in [-0.2, -0.15) is 5.10 Å². The Morgan fingerprint density at radius 2 is 2.15 bits per heavy atom. The molecule has 2 heterocycles. The van der Waals surface area contributed by atoms with Gasteiger partial charge in [0, 0.05) is 32.1 Å². The summed E-state index contributed by atoms with van der Waals surface area (Å²) in [5.41, 5.74) is 0.743. The highest BCUT2D eigenvalue weighted by atomic mass is 32.2. The van der Waals surface area contributed by atoms with Crippen molar-refractivity contribution in [1.29, 1.82) is 0 Å². The molecule has 10 heteroatoms. The van der Waals surface area contributed by atoms with E-state index in [0.717, 1.165) is 16.9 Å². The molecule has 0 aliphatic rings. The number of nitrogens with one attached hydrogen (secondary N) is 2. The first-order valence-corrected chi connectivity index (χ1v) is 9.90. The molecule has 0 atom stereocenters. The van der Waals surface area contributed by atoms with Crippen molar-refractivity contribution in [3.63, 3.8) is 0 Å². The zero-order valence-electron chi connectivity index (χ0n) is 16.3. The van der Waals surface area contributed by atoms with Gasteiger partial charge >= 0.3 is 0 Å². The van der Waals surface area contributed by atoms with Crippen LogP contribution < -0.4 is 10.6 Å². The van der Waals surface area contributed by atoms with E-state index in [-0.39, 0.29) is 12.5 Å². The third-order valence-corrected chi connectivity index (χ3v) is 4.36. The minimum absolute atomic E-state index is 0.0707. The zero-order valence-corrected chi connectivity index (χ0v) is 17.1. The summed E-state index contributed by atoms with van der Waals surface area (Å²) in [6.07, 6.45) is 1.75. The Morgan fingerprint density at radius 3 is 2.85 bits per heavy atom. The first-order valence-electron chi connectivity index (χ1n) is 9.02. The molecule has 27 heavy (non-hydrogen) atoms. The molecule has 0 saturated heterocycles. The Bertz CT molecular complexity index is 737. The average Bonchev–Trinajstić information content (AvgIpc) is 3.03. The molecule has 9 nitrogen and oxygen atoms in total. The number of ether oxygens (including phenoxy) is 2. The van der Waals surface area contributed by atoms with Gasteiger partial charge in [0.15, 0.2) is 10.8 Å². The molecule has 0 aromatic carbocycles. The van der Waals surface area contributed by atoms with E-state index in [1.165, 1.54) is 0 Å². The number of carbonyl (C=O) groups excluding carboxylic acids is 1. The molecule has 2 N–H and O–H groups in total. The van der Waals surface area contributed by atoms with Crippen molar-refractivity contribution in [3.8, 4) is 0 Å². The Balaban J connectivity index is 2.14. The molecule has 2 aromatic rings. The van der Waals surface area contributed by atoms with E-state index >= 15 is 0 Å². The van der Waals surface area contributed by atoms with E-state index in [2.05, 4.69) is 39.5 Å². The van der Waals surface area contributed by atoms with Gasteiger partial charge < -0.3 is 20.1 Å². The summed E-state index contributed by atoms with van der Waals surface area (Å²) < 4.78 is 12.0. The van der Waals surface area contributed by atoms with Crippen LogP contribution in [0.1, 0.15) is 20.8 Å². The van der Waals surface area contributed by atoms with Crippen LogP contribution in [0, 0.1) is 0 Å². The summed E-state index contributed by atoms with van der Waals surface area (Å²) >= 11 is 1.60. The highest BCUT2D eigenvalue weighted by Gasteiger charge is 2.14. The number of thioether (sulfide) groups is 1. The first-order chi connectivity index (χ1) is 13.0. The van der Waals surface area contributed by atoms with E-state index in [9.17, 15) is 4.79 Å². The Hall–Kier alpha value is -1.91. The normalized spacial score (nSPS) is 11.3. The smallest absolute Gasteiger partial charge is 0.246 e. The van der Waals surface area contributed by atoms with Crippen LogP contribution in [-0.2, 0) is 20.8 Å². The van der Waals surface area contributed by atoms with Gasteiger partial charge in [0.05, 0.1) is 24.7 Å². The number of fused-ring (bicyclic) bond motifs is 1. The fourth-order valence-corrected chi connectivity index (χ4v) is 3.02. The molecule has 0 saturated carbocycles. The molecule has 0 radical (unpaired) electrons. The van der Waals surface area contributed by atoms with Gasteiger partial charge in [-0.15, -0.1) is 0 Å². The summed E-state index contributed by atoms with van der Waals surface area (Å²) in [6, 6.07) is 0. The number of carbonyl (C=O) groups is 1. The molecule has 2 aromatic heterocycles. The van der Waals surface area contributed by atoms with Gasteiger partial charge in [-0.25, -0.2) is 14.6 Å². The second-order valence-electron chi connectivity index (χ2n) is 6.03. The van der Waals surface area contributed by atoms with Crippen LogP contribution in [0.4, 0.5) is 5.82 Å². The molecular weight excluding hydrogens is 368 g/mol. The van der Waals surface area contributed by atoms with Crippen LogP contribution >= 0.6 is 11.8 Å². The zero-order chi connectivity index (χ0) is 19.6. The maximum atomic E-state index is 11.7. The highest BCUT2D eigenvalue weighted by Crippen LogP contribution is 2.26. The van der Waals surface area contributed by atoms with Crippen molar-refractivity contribution >= 4 is 34.5 Å². The minimum atomic E-state index is -0.138. The van der Waals surface area contributed by atoms with Gasteiger partial charge in [0.1, 0.15) is 12.4 Å². The van der Waals surface area contributed by atoms with Gasteiger partial charge in [0.2, 0.25) is 5.91 Å². The van der Waals surface area contributed by atoms with Crippen molar-refractivity contribution in [2.45, 2.75) is 37.7 Å². The summed E-state index contributed by atoms with van der Waals surface area (Å²) in [7, 11) is 1.66. The molecule has 0 bridgehead atoms. The van der Waals surface area contributed by atoms with Gasteiger partial charge in [-0.05, 0) is 6.92 Å². The third kappa shape index (κ3) is 6.64. The van der Waals surface area contributed by atoms with Crippen LogP contribution in [0.15, 0.2) is 11.4 Å². The van der Waals surface area contributed by atoms with E-state index in [1.807, 2.05) is 6.92 Å². The molecular formula is C17H28N6O3S. The summed E-state index contributed by atoms with van der Waals surface area (Å²) in [5, 5.41) is 12.4. The number of hydrogen-bond acceptors (Lipinski definition) is 8. The molecule has 0 aliphatic carbocycles. The number of hydrogen-bond donors (Lipinski definition) is 2. The number of methoxy groups -OCH3 is 1. The standard InChI is InChI=1S/C17H28N6O3S/c1-5-26-11-14(24)18-6-8-23-16-13(10-20-23)15(19-7-9-25-4)21-17(22-16)27-12(2)3/h10,12H,5-9,11H2,1-4H3,(H,18,24)(H,19,21,22). The predicted molar refractivity (Wildman–Crippen MR) is 106 cm³/mol. The Labute approximate surface area is 163 Å². The summed E-state index contributed by atoms with van der Waals surface area (Å²) in [5.74, 6) is 0.604. The van der Waals surface area contributed by atoms with Gasteiger partial charge in [0.25, 0.3) is 0 Å². The molecule has 0 aliphatic heterocycles. The van der Waals surface area contributed by atoms with Crippen molar-refractivity contribution in [2.75, 3.05) is 45.3 Å². The second-order valence-corrected chi connectivity index (χ2v) is 7.58. The van der Waals surface area contributed by atoms with E-state index in [4.69, 9.17) is 9.47 Å². The number of nitrogens with zero attached hydrogens (tertiary/aromatic N) is 4. The van der Waals surface area contributed by atoms with Crippen molar-refractivity contribution in [1.82, 2.24) is 25.1 Å². The monoisotopic (exact) mass is 396 g/mol. The van der Waals surface area contributed by atoms with Crippen LogP contribution in [0.25, 0.3) is 11.0 Å². The predicted octanol–water partition coefficient (Wildman–Crippen LogP) is 1.54. The van der Waals surface area contributed by atoms with E-state index < -0.39 is 0 Å². The highest BCUT2D eigenvalue weighted by molar-refractivity contribution is 7.99. The van der Waals surface area contributed by atoms with Gasteiger partial charge in [-0.1, -0.05) is 25.6 Å². The largest absolute Gasteiger partial charge is 0.383 e. The Kier molecular flexibility index (Phi) is 8.76. The van der Waals surface area contributed by atoms with Crippen LogP contribution in [0.2, 0.25) is 0 Å². The number of aromatic nitrogens is 4. The van der Waals surface area contributed by atoms with Crippen LogP contribution in [0.3, 0.4) is 0 Å². The topological polar surface area (TPSA) is 103 Å². The van der Waals surface area contributed by atoms with E-state index in [1.54, 1.807) is 29.8 Å². The minimum Gasteiger partial charge on any atom is -0.383 e. The molecule has 2 rings (SSSR count). The lowest BCUT2D eigenvalue weighted by Crippen LogP contribution is -2.30. The Morgan fingerprint density at radius 1 is 1.33 bits per heavy atom. The van der Waals surface area contributed by atoms with Gasteiger partial charge in [-0.3, -0.25) is 4.79 Å². The molecule has 1 amide bonds. The average molecular weight is 397 g/mol. The SMILES string of the molecule is CCOCC(=O)NCCn1ncc2c(NCCOC)nc(SC(C)C)nc21. The van der Waals surface area contributed by atoms with Crippen LogP contribution in [0.5, 0.6) is 0 Å². The maximum absolute atomic E-state index is 11.7. The molecule has 0 fully saturated rings. The number of amides is 1. The maximum Gasteiger partial charge on any atom is 0.246 e. The lowest BCUT2D eigenvalue weighted by molar-refractivity contribution is -0.125. The quantitative estimate of drug-likeness (QED) is 0.316. The van der Waals surface area contributed by atoms with Crippen molar-refractivity contribution < 1.29 is 14.3 Å². The fraction of sp³-hybridized carbons (Fsp3) is 0.647. The number of rotatable bonds is 12. The number of anilines is 1. The second kappa shape index (κ2) is 11.1. The van der Waals surface area contributed by atoms with Crippen molar-refractivity contribution in [2.24, 2.45) is 0 Å². The van der Waals surface area contributed by atoms with Crippen molar-refractivity contribution in [3.05, 3.63) is 6.20 Å². The lowest BCUT2D eigenvalue weighted by atomic mass is 10.4. The molecule has 0 unspecified atom stereocenters. The molecule has 150 valence electrons. The third-order valence-electron chi connectivity index (χ3n) is 3.50. The van der Waals surface area contributed by atoms with Crippen LogP contribution in [-0.4, -0.2) is 70.9 Å². The first kappa shape index (κ1) is 21.4. The molecule has 0 spiro atoms. The van der Waals surface area contributed by atoms with E-state index in [0.29, 0.717) is 43.3 Å². The summed E-state index contributed by atoms with van der Waals surface area (Å²) in [4.78, 5) is 20.9. The lowest BCUT2D eigenvalue weighted by Gasteiger charge is -2.10.